The minimum atomic E-state index is 0.264. The Morgan fingerprint density at radius 3 is 2.89 bits per heavy atom. The van der Waals surface area contributed by atoms with Crippen molar-refractivity contribution in [3.05, 3.63) is 0 Å². The maximum atomic E-state index is 5.87. The van der Waals surface area contributed by atoms with E-state index in [1.165, 1.54) is 12.8 Å². The number of aliphatic imine (C=N–C) groups is 1. The van der Waals surface area contributed by atoms with Crippen LogP contribution in [-0.2, 0) is 9.47 Å². The highest BCUT2D eigenvalue weighted by molar-refractivity contribution is 8.14. The first kappa shape index (κ1) is 11.6. The molecule has 0 saturated carbocycles. The van der Waals surface area contributed by atoms with Gasteiger partial charge in [-0.2, -0.15) is 0 Å². The average molecular weight is 268 g/mol. The molecule has 0 aromatic carbocycles. The number of nitrogens with one attached hydrogen (secondary N) is 1. The maximum absolute atomic E-state index is 5.87. The minimum Gasteiger partial charge on any atom is -0.381 e. The topological polar surface area (TPSA) is 42.9 Å². The Labute approximate surface area is 112 Å². The molecule has 1 spiro atoms. The molecule has 0 aromatic heterocycles. The fourth-order valence-electron chi connectivity index (χ4n) is 3.50. The van der Waals surface area contributed by atoms with E-state index >= 15 is 0 Å². The van der Waals surface area contributed by atoms with Gasteiger partial charge in [0.1, 0.15) is 0 Å². The third kappa shape index (κ3) is 1.96. The van der Waals surface area contributed by atoms with E-state index in [1.54, 1.807) is 0 Å². The van der Waals surface area contributed by atoms with E-state index in [2.05, 4.69) is 5.32 Å². The van der Waals surface area contributed by atoms with Crippen molar-refractivity contribution in [2.24, 2.45) is 4.99 Å². The van der Waals surface area contributed by atoms with Crippen molar-refractivity contribution in [1.29, 1.82) is 0 Å². The molecule has 0 aromatic rings. The zero-order chi connectivity index (χ0) is 12.0. The lowest BCUT2D eigenvalue weighted by Crippen LogP contribution is -2.48. The van der Waals surface area contributed by atoms with E-state index in [0.29, 0.717) is 18.2 Å². The van der Waals surface area contributed by atoms with Crippen LogP contribution in [0.3, 0.4) is 0 Å². The van der Waals surface area contributed by atoms with Crippen LogP contribution in [0, 0.1) is 0 Å². The van der Waals surface area contributed by atoms with Gasteiger partial charge in [0.2, 0.25) is 0 Å². The minimum absolute atomic E-state index is 0.264. The number of nitrogens with zero attached hydrogens (tertiary/aromatic N) is 1. The van der Waals surface area contributed by atoms with Gasteiger partial charge in [0.15, 0.2) is 5.17 Å². The van der Waals surface area contributed by atoms with Crippen LogP contribution in [0.15, 0.2) is 4.99 Å². The highest BCUT2D eigenvalue weighted by atomic mass is 32.2. The molecule has 4 saturated heterocycles. The molecule has 5 heteroatoms. The first-order chi connectivity index (χ1) is 8.83. The highest BCUT2D eigenvalue weighted by Gasteiger charge is 2.43. The second-order valence-corrected chi connectivity index (χ2v) is 6.88. The molecule has 18 heavy (non-hydrogen) atoms. The maximum Gasteiger partial charge on any atom is 0.157 e. The Morgan fingerprint density at radius 1 is 1.28 bits per heavy atom. The van der Waals surface area contributed by atoms with Crippen LogP contribution >= 0.6 is 11.8 Å². The van der Waals surface area contributed by atoms with Crippen LogP contribution in [-0.4, -0.2) is 47.9 Å². The van der Waals surface area contributed by atoms with Crippen LogP contribution in [0.2, 0.25) is 0 Å². The van der Waals surface area contributed by atoms with E-state index in [9.17, 15) is 0 Å². The molecule has 0 aliphatic carbocycles. The van der Waals surface area contributed by atoms with E-state index in [1.807, 2.05) is 11.8 Å². The summed E-state index contributed by atoms with van der Waals surface area (Å²) in [5, 5.41) is 4.82. The predicted octanol–water partition coefficient (Wildman–Crippen LogP) is 1.55. The van der Waals surface area contributed by atoms with Crippen LogP contribution in [0.25, 0.3) is 0 Å². The summed E-state index contributed by atoms with van der Waals surface area (Å²) in [6.45, 7) is 1.77. The largest absolute Gasteiger partial charge is 0.381 e. The molecule has 4 fully saturated rings. The lowest BCUT2D eigenvalue weighted by molar-refractivity contribution is 0.0555. The van der Waals surface area contributed by atoms with Crippen LogP contribution in [0.1, 0.15) is 32.1 Å². The summed E-state index contributed by atoms with van der Waals surface area (Å²) in [5.74, 6) is 1.15. The summed E-state index contributed by atoms with van der Waals surface area (Å²) in [6, 6.07) is 0.411. The molecule has 100 valence electrons. The lowest BCUT2D eigenvalue weighted by atomic mass is 9.93. The summed E-state index contributed by atoms with van der Waals surface area (Å²) < 4.78 is 11.3. The van der Waals surface area contributed by atoms with E-state index < -0.39 is 0 Å². The number of fused-ring (bicyclic) bond motifs is 2. The molecule has 2 bridgehead atoms. The number of rotatable bonds is 1. The first-order valence-electron chi connectivity index (χ1n) is 7.05. The lowest BCUT2D eigenvalue weighted by Gasteiger charge is -2.32. The summed E-state index contributed by atoms with van der Waals surface area (Å²) >= 11 is 1.89. The molecular weight excluding hydrogens is 248 g/mol. The number of hydrogen-bond acceptors (Lipinski definition) is 4. The van der Waals surface area contributed by atoms with E-state index in [0.717, 1.165) is 43.4 Å². The van der Waals surface area contributed by atoms with Crippen LogP contribution < -0.4 is 5.32 Å². The van der Waals surface area contributed by atoms with E-state index in [-0.39, 0.29) is 5.54 Å². The smallest absolute Gasteiger partial charge is 0.157 e. The molecule has 4 aliphatic rings. The Bertz CT molecular complexity index is 368. The normalized spacial score (nSPS) is 43.8. The van der Waals surface area contributed by atoms with Gasteiger partial charge in [-0.15, -0.1) is 0 Å². The predicted molar refractivity (Wildman–Crippen MR) is 72.1 cm³/mol. The van der Waals surface area contributed by atoms with Crippen molar-refractivity contribution in [3.8, 4) is 0 Å². The van der Waals surface area contributed by atoms with Gasteiger partial charge in [-0.25, -0.2) is 0 Å². The number of amidine groups is 1. The van der Waals surface area contributed by atoms with Crippen molar-refractivity contribution in [2.45, 2.75) is 55.9 Å². The Hall–Kier alpha value is -0.260. The van der Waals surface area contributed by atoms with Crippen LogP contribution in [0.5, 0.6) is 0 Å². The van der Waals surface area contributed by atoms with Gasteiger partial charge in [0, 0.05) is 19.0 Å². The van der Waals surface area contributed by atoms with Gasteiger partial charge in [0.05, 0.1) is 23.8 Å². The molecule has 0 radical (unpaired) electrons. The summed E-state index contributed by atoms with van der Waals surface area (Å²) in [4.78, 5) is 4.91. The monoisotopic (exact) mass is 268 g/mol. The van der Waals surface area contributed by atoms with Crippen molar-refractivity contribution in [3.63, 3.8) is 0 Å². The third-order valence-electron chi connectivity index (χ3n) is 4.66. The van der Waals surface area contributed by atoms with Crippen molar-refractivity contribution in [1.82, 2.24) is 5.32 Å². The van der Waals surface area contributed by atoms with Crippen LogP contribution in [0.4, 0.5) is 0 Å². The molecular formula is C13H20N2O2S. The second kappa shape index (κ2) is 4.39. The Balaban J connectivity index is 1.44. The quantitative estimate of drug-likeness (QED) is 0.783. The van der Waals surface area contributed by atoms with Gasteiger partial charge < -0.3 is 14.8 Å². The second-order valence-electron chi connectivity index (χ2n) is 5.92. The summed E-state index contributed by atoms with van der Waals surface area (Å²) in [6.07, 6.45) is 6.71. The first-order valence-corrected chi connectivity index (χ1v) is 8.04. The van der Waals surface area contributed by atoms with Crippen molar-refractivity contribution < 1.29 is 9.47 Å². The zero-order valence-electron chi connectivity index (χ0n) is 10.6. The Kier molecular flexibility index (Phi) is 2.82. The van der Waals surface area contributed by atoms with Gasteiger partial charge in [-0.3, -0.25) is 4.99 Å². The number of ether oxygens (including phenoxy) is 2. The van der Waals surface area contributed by atoms with Gasteiger partial charge >= 0.3 is 0 Å². The SMILES string of the molecule is C1CC2(CCO1)CSC(=NC1CC3CCC1O3)N2. The molecule has 3 atom stereocenters. The van der Waals surface area contributed by atoms with Gasteiger partial charge in [-0.05, 0) is 32.1 Å². The Morgan fingerprint density at radius 2 is 2.17 bits per heavy atom. The van der Waals surface area contributed by atoms with Crippen molar-refractivity contribution >= 4 is 16.9 Å². The fraction of sp³-hybridized carbons (Fsp3) is 0.923. The number of hydrogen-bond donors (Lipinski definition) is 1. The molecule has 4 rings (SSSR count). The van der Waals surface area contributed by atoms with Crippen molar-refractivity contribution in [2.75, 3.05) is 19.0 Å². The summed E-state index contributed by atoms with van der Waals surface area (Å²) in [7, 11) is 0. The average Bonchev–Trinajstić information content (AvgIpc) is 3.07. The fourth-order valence-corrected chi connectivity index (χ4v) is 4.78. The standard InChI is InChI=1S/C13H20N2O2S/c1-2-11-10(7-9(1)17-11)14-12-15-13(8-18-12)3-5-16-6-4-13/h9-11H,1-8H2,(H,14,15). The zero-order valence-corrected chi connectivity index (χ0v) is 11.4. The molecule has 3 unspecified atom stereocenters. The van der Waals surface area contributed by atoms with E-state index in [4.69, 9.17) is 14.5 Å². The highest BCUT2D eigenvalue weighted by Crippen LogP contribution is 2.38. The molecule has 0 amide bonds. The molecule has 4 heterocycles. The number of thioether (sulfide) groups is 1. The molecule has 4 nitrogen and oxygen atoms in total. The third-order valence-corrected chi connectivity index (χ3v) is 5.84. The summed E-state index contributed by atoms with van der Waals surface area (Å²) in [5.41, 5.74) is 0.264. The van der Waals surface area contributed by atoms with Gasteiger partial charge in [-0.1, -0.05) is 11.8 Å². The van der Waals surface area contributed by atoms with Gasteiger partial charge in [0.25, 0.3) is 0 Å². The molecule has 1 N–H and O–H groups in total. The molecule has 4 aliphatic heterocycles.